The minimum Gasteiger partial charge on any atom is -0.389 e. The zero-order chi connectivity index (χ0) is 13.2. The van der Waals surface area contributed by atoms with Crippen LogP contribution in [0.15, 0.2) is 24.3 Å². The molecule has 1 aromatic rings. The summed E-state index contributed by atoms with van der Waals surface area (Å²) in [5.41, 5.74) is 2.08. The highest BCUT2D eigenvalue weighted by Crippen LogP contribution is 2.32. The van der Waals surface area contributed by atoms with Gasteiger partial charge in [0.2, 0.25) is 5.91 Å². The summed E-state index contributed by atoms with van der Waals surface area (Å²) in [7, 11) is 0. The molecule has 2 heterocycles. The number of β-amino-alcohol motifs (C(OH)–C–C–N with tert-alkyl or cyclic N) is 1. The summed E-state index contributed by atoms with van der Waals surface area (Å²) in [6.07, 6.45) is -0.587. The van der Waals surface area contributed by atoms with E-state index in [1.807, 2.05) is 24.3 Å². The first kappa shape index (κ1) is 12.4. The number of nitrogens with one attached hydrogen (secondary N) is 1. The van der Waals surface area contributed by atoms with Gasteiger partial charge in [0.05, 0.1) is 25.2 Å². The molecular weight excluding hydrogens is 244 g/mol. The maximum absolute atomic E-state index is 12.6. The Balaban J connectivity index is 1.77. The number of aliphatic hydroxyl groups excluding tert-OH is 1. The molecule has 0 aliphatic carbocycles. The SMILES string of the molecule is O=C(C1CNc2ccccc21)N1CCOCC(O)C1. The highest BCUT2D eigenvalue weighted by molar-refractivity contribution is 5.88. The summed E-state index contributed by atoms with van der Waals surface area (Å²) in [6, 6.07) is 7.89. The number of carbonyl (C=O) groups excluding carboxylic acids is 1. The van der Waals surface area contributed by atoms with Crippen LogP contribution in [0.5, 0.6) is 0 Å². The molecule has 0 aromatic heterocycles. The van der Waals surface area contributed by atoms with Crippen LogP contribution in [0.25, 0.3) is 0 Å². The molecule has 0 spiro atoms. The second-order valence-corrected chi connectivity index (χ2v) is 5.03. The van der Waals surface area contributed by atoms with E-state index in [4.69, 9.17) is 4.74 Å². The van der Waals surface area contributed by atoms with Crippen LogP contribution < -0.4 is 5.32 Å². The Morgan fingerprint density at radius 3 is 3.16 bits per heavy atom. The molecule has 19 heavy (non-hydrogen) atoms. The van der Waals surface area contributed by atoms with E-state index in [-0.39, 0.29) is 11.8 Å². The molecule has 1 fully saturated rings. The van der Waals surface area contributed by atoms with Crippen LogP contribution in [0.1, 0.15) is 11.5 Å². The average molecular weight is 262 g/mol. The molecule has 1 saturated heterocycles. The van der Waals surface area contributed by atoms with Crippen molar-refractivity contribution >= 4 is 11.6 Å². The molecule has 5 nitrogen and oxygen atoms in total. The monoisotopic (exact) mass is 262 g/mol. The van der Waals surface area contributed by atoms with Gasteiger partial charge in [-0.2, -0.15) is 0 Å². The molecule has 1 amide bonds. The summed E-state index contributed by atoms with van der Waals surface area (Å²) >= 11 is 0. The zero-order valence-corrected chi connectivity index (χ0v) is 10.7. The van der Waals surface area contributed by atoms with E-state index < -0.39 is 6.10 Å². The number of nitrogens with zero attached hydrogens (tertiary/aromatic N) is 1. The number of carbonyl (C=O) groups is 1. The van der Waals surface area contributed by atoms with Gasteiger partial charge in [-0.25, -0.2) is 0 Å². The number of anilines is 1. The first-order chi connectivity index (χ1) is 9.25. The van der Waals surface area contributed by atoms with E-state index in [1.54, 1.807) is 4.90 Å². The molecule has 2 aliphatic heterocycles. The van der Waals surface area contributed by atoms with Gasteiger partial charge in [-0.1, -0.05) is 18.2 Å². The van der Waals surface area contributed by atoms with Crippen molar-refractivity contribution in [2.24, 2.45) is 0 Å². The van der Waals surface area contributed by atoms with E-state index in [0.717, 1.165) is 11.3 Å². The fourth-order valence-corrected chi connectivity index (χ4v) is 2.72. The van der Waals surface area contributed by atoms with Gasteiger partial charge in [-0.3, -0.25) is 4.79 Å². The van der Waals surface area contributed by atoms with Gasteiger partial charge in [0.1, 0.15) is 0 Å². The molecule has 2 unspecified atom stereocenters. The third-order valence-corrected chi connectivity index (χ3v) is 3.69. The molecule has 1 aromatic carbocycles. The van der Waals surface area contributed by atoms with Gasteiger partial charge in [-0.15, -0.1) is 0 Å². The van der Waals surface area contributed by atoms with Gasteiger partial charge < -0.3 is 20.1 Å². The Morgan fingerprint density at radius 2 is 2.26 bits per heavy atom. The number of amides is 1. The number of hydrogen-bond acceptors (Lipinski definition) is 4. The Labute approximate surface area is 112 Å². The number of ether oxygens (including phenoxy) is 1. The highest BCUT2D eigenvalue weighted by Gasteiger charge is 2.32. The first-order valence-corrected chi connectivity index (χ1v) is 6.63. The standard InChI is InChI=1S/C14H18N2O3/c17-10-8-16(5-6-19-9-10)14(18)12-7-15-13-4-2-1-3-11(12)13/h1-4,10,12,15,17H,5-9H2. The van der Waals surface area contributed by atoms with E-state index in [9.17, 15) is 9.90 Å². The van der Waals surface area contributed by atoms with Gasteiger partial charge in [0, 0.05) is 25.3 Å². The average Bonchev–Trinajstić information content (AvgIpc) is 2.73. The second kappa shape index (κ2) is 5.19. The lowest BCUT2D eigenvalue weighted by Gasteiger charge is -2.24. The number of para-hydroxylation sites is 1. The normalized spacial score (nSPS) is 26.5. The molecule has 2 atom stereocenters. The van der Waals surface area contributed by atoms with Crippen molar-refractivity contribution in [3.63, 3.8) is 0 Å². The van der Waals surface area contributed by atoms with Crippen molar-refractivity contribution in [3.8, 4) is 0 Å². The Kier molecular flexibility index (Phi) is 3.40. The lowest BCUT2D eigenvalue weighted by Crippen LogP contribution is -2.41. The van der Waals surface area contributed by atoms with Crippen molar-refractivity contribution in [3.05, 3.63) is 29.8 Å². The first-order valence-electron chi connectivity index (χ1n) is 6.63. The van der Waals surface area contributed by atoms with Gasteiger partial charge in [-0.05, 0) is 11.6 Å². The van der Waals surface area contributed by atoms with Crippen molar-refractivity contribution in [1.29, 1.82) is 0 Å². The summed E-state index contributed by atoms with van der Waals surface area (Å²) in [6.45, 7) is 2.34. The quantitative estimate of drug-likeness (QED) is 0.770. The molecule has 2 N–H and O–H groups in total. The molecule has 3 rings (SSSR count). The van der Waals surface area contributed by atoms with Gasteiger partial charge >= 0.3 is 0 Å². The van der Waals surface area contributed by atoms with Crippen molar-refractivity contribution in [2.75, 3.05) is 38.2 Å². The van der Waals surface area contributed by atoms with Crippen LogP contribution >= 0.6 is 0 Å². The number of hydrogen-bond donors (Lipinski definition) is 2. The molecule has 0 radical (unpaired) electrons. The van der Waals surface area contributed by atoms with Gasteiger partial charge in [0.15, 0.2) is 0 Å². The van der Waals surface area contributed by atoms with E-state index in [2.05, 4.69) is 5.32 Å². The summed E-state index contributed by atoms with van der Waals surface area (Å²) in [4.78, 5) is 14.3. The predicted octanol–water partition coefficient (Wildman–Crippen LogP) is 0.415. The third kappa shape index (κ3) is 2.43. The van der Waals surface area contributed by atoms with E-state index >= 15 is 0 Å². The Morgan fingerprint density at radius 1 is 1.42 bits per heavy atom. The van der Waals surface area contributed by atoms with Crippen molar-refractivity contribution < 1.29 is 14.6 Å². The van der Waals surface area contributed by atoms with Crippen LogP contribution in [0.3, 0.4) is 0 Å². The number of aliphatic hydroxyl groups is 1. The molecule has 5 heteroatoms. The minimum atomic E-state index is -0.587. The van der Waals surface area contributed by atoms with Crippen LogP contribution in [0.4, 0.5) is 5.69 Å². The van der Waals surface area contributed by atoms with Crippen molar-refractivity contribution in [1.82, 2.24) is 4.90 Å². The van der Waals surface area contributed by atoms with Crippen LogP contribution in [0, 0.1) is 0 Å². The molecular formula is C14H18N2O3. The Bertz CT molecular complexity index is 478. The van der Waals surface area contributed by atoms with Gasteiger partial charge in [0.25, 0.3) is 0 Å². The summed E-state index contributed by atoms with van der Waals surface area (Å²) in [5.74, 6) is -0.0801. The maximum Gasteiger partial charge on any atom is 0.232 e. The second-order valence-electron chi connectivity index (χ2n) is 5.03. The molecule has 0 saturated carbocycles. The third-order valence-electron chi connectivity index (χ3n) is 3.69. The lowest BCUT2D eigenvalue weighted by molar-refractivity contribution is -0.133. The number of fused-ring (bicyclic) bond motifs is 1. The number of benzene rings is 1. The van der Waals surface area contributed by atoms with Crippen molar-refractivity contribution in [2.45, 2.75) is 12.0 Å². The van der Waals surface area contributed by atoms with E-state index in [0.29, 0.717) is 32.8 Å². The van der Waals surface area contributed by atoms with E-state index in [1.165, 1.54) is 0 Å². The van der Waals surface area contributed by atoms with Crippen LogP contribution in [0.2, 0.25) is 0 Å². The lowest BCUT2D eigenvalue weighted by atomic mass is 9.99. The fraction of sp³-hybridized carbons (Fsp3) is 0.500. The summed E-state index contributed by atoms with van der Waals surface area (Å²) in [5, 5.41) is 13.0. The fourth-order valence-electron chi connectivity index (χ4n) is 2.72. The molecule has 2 aliphatic rings. The largest absolute Gasteiger partial charge is 0.389 e. The minimum absolute atomic E-state index is 0.0713. The maximum atomic E-state index is 12.6. The summed E-state index contributed by atoms with van der Waals surface area (Å²) < 4.78 is 5.26. The predicted molar refractivity (Wildman–Crippen MR) is 71.1 cm³/mol. The Hall–Kier alpha value is -1.59. The van der Waals surface area contributed by atoms with Crippen LogP contribution in [-0.2, 0) is 9.53 Å². The van der Waals surface area contributed by atoms with Crippen LogP contribution in [-0.4, -0.2) is 54.9 Å². The number of rotatable bonds is 1. The zero-order valence-electron chi connectivity index (χ0n) is 10.7. The molecule has 0 bridgehead atoms. The molecule has 102 valence electrons. The highest BCUT2D eigenvalue weighted by atomic mass is 16.5. The topological polar surface area (TPSA) is 61.8 Å². The smallest absolute Gasteiger partial charge is 0.232 e.